The van der Waals surface area contributed by atoms with Gasteiger partial charge in [-0.3, -0.25) is 4.79 Å². The lowest BCUT2D eigenvalue weighted by Crippen LogP contribution is -2.14. The molecule has 0 unspecified atom stereocenters. The summed E-state index contributed by atoms with van der Waals surface area (Å²) >= 11 is 7.41. The largest absolute Gasteiger partial charge is 0.490 e. The Labute approximate surface area is 183 Å². The molecule has 0 atom stereocenters. The van der Waals surface area contributed by atoms with E-state index < -0.39 is 0 Å². The van der Waals surface area contributed by atoms with E-state index >= 15 is 0 Å². The van der Waals surface area contributed by atoms with Crippen molar-refractivity contribution in [3.63, 3.8) is 0 Å². The highest BCUT2D eigenvalue weighted by molar-refractivity contribution is 7.99. The Morgan fingerprint density at radius 1 is 1.17 bits per heavy atom. The van der Waals surface area contributed by atoms with Crippen LogP contribution in [0.5, 0.6) is 11.5 Å². The Hall–Kier alpha value is -2.71. The summed E-state index contributed by atoms with van der Waals surface area (Å²) in [6, 6.07) is 13.1. The first kappa shape index (κ1) is 20.6. The maximum atomic E-state index is 12.2. The fourth-order valence-corrected chi connectivity index (χ4v) is 3.92. The summed E-state index contributed by atoms with van der Waals surface area (Å²) in [7, 11) is 1.90. The summed E-state index contributed by atoms with van der Waals surface area (Å²) in [5, 5.41) is 12.5. The van der Waals surface area contributed by atoms with Gasteiger partial charge in [0.1, 0.15) is 5.82 Å². The van der Waals surface area contributed by atoms with Crippen LogP contribution in [0.1, 0.15) is 17.8 Å². The molecule has 9 heteroatoms. The average molecular weight is 445 g/mol. The molecule has 4 rings (SSSR count). The number of nitrogens with zero attached hydrogens (tertiary/aromatic N) is 3. The Bertz CT molecular complexity index is 1060. The number of carbonyl (C=O) groups is 1. The van der Waals surface area contributed by atoms with Crippen LogP contribution in [0, 0.1) is 0 Å². The molecule has 3 aromatic rings. The van der Waals surface area contributed by atoms with Gasteiger partial charge in [0.05, 0.1) is 29.7 Å². The number of nitrogens with one attached hydrogen (secondary N) is 1. The topological polar surface area (TPSA) is 78.3 Å². The highest BCUT2D eigenvalue weighted by Crippen LogP contribution is 2.31. The Balaban J connectivity index is 1.37. The third kappa shape index (κ3) is 4.88. The maximum absolute atomic E-state index is 12.2. The number of amides is 1. The molecule has 2 heterocycles. The van der Waals surface area contributed by atoms with Crippen molar-refractivity contribution >= 4 is 35.0 Å². The molecular weight excluding hydrogens is 424 g/mol. The molecule has 0 radical (unpaired) electrons. The zero-order valence-electron chi connectivity index (χ0n) is 16.4. The predicted molar refractivity (Wildman–Crippen MR) is 117 cm³/mol. The van der Waals surface area contributed by atoms with Gasteiger partial charge in [-0.2, -0.15) is 0 Å². The second-order valence-electron chi connectivity index (χ2n) is 6.78. The van der Waals surface area contributed by atoms with Crippen molar-refractivity contribution in [2.45, 2.75) is 18.0 Å². The van der Waals surface area contributed by atoms with Crippen LogP contribution in [0.3, 0.4) is 0 Å². The molecule has 0 fully saturated rings. The molecule has 30 heavy (non-hydrogen) atoms. The Morgan fingerprint density at radius 2 is 1.97 bits per heavy atom. The van der Waals surface area contributed by atoms with Gasteiger partial charge in [0.25, 0.3) is 0 Å². The first-order valence-corrected chi connectivity index (χ1v) is 10.9. The maximum Gasteiger partial charge on any atom is 0.234 e. The van der Waals surface area contributed by atoms with E-state index in [0.29, 0.717) is 35.5 Å². The molecule has 0 bridgehead atoms. The van der Waals surface area contributed by atoms with Crippen molar-refractivity contribution in [1.29, 1.82) is 0 Å². The molecule has 0 aliphatic carbocycles. The highest BCUT2D eigenvalue weighted by atomic mass is 35.5. The summed E-state index contributed by atoms with van der Waals surface area (Å²) in [5.41, 5.74) is 1.65. The van der Waals surface area contributed by atoms with Gasteiger partial charge >= 0.3 is 0 Å². The molecule has 1 amide bonds. The number of rotatable bonds is 6. The van der Waals surface area contributed by atoms with Crippen molar-refractivity contribution in [3.8, 4) is 11.5 Å². The number of hydrogen-bond acceptors (Lipinski definition) is 6. The van der Waals surface area contributed by atoms with Crippen LogP contribution in [0.4, 0.5) is 5.69 Å². The minimum atomic E-state index is -0.152. The second kappa shape index (κ2) is 9.40. The second-order valence-corrected chi connectivity index (χ2v) is 8.13. The zero-order valence-corrected chi connectivity index (χ0v) is 18.0. The Kier molecular flexibility index (Phi) is 6.44. The molecule has 0 spiro atoms. The number of thioether (sulfide) groups is 1. The van der Waals surface area contributed by atoms with Gasteiger partial charge in [-0.1, -0.05) is 41.6 Å². The lowest BCUT2D eigenvalue weighted by Gasteiger charge is -2.09. The molecule has 1 aromatic heterocycles. The van der Waals surface area contributed by atoms with E-state index in [1.54, 1.807) is 12.1 Å². The van der Waals surface area contributed by atoms with Gasteiger partial charge < -0.3 is 19.4 Å². The summed E-state index contributed by atoms with van der Waals surface area (Å²) < 4.78 is 13.3. The van der Waals surface area contributed by atoms with Crippen LogP contribution in [0.2, 0.25) is 5.02 Å². The van der Waals surface area contributed by atoms with Crippen LogP contribution in [-0.4, -0.2) is 39.6 Å². The number of para-hydroxylation sites is 1. The standard InChI is InChI=1S/C21H21ClN4O3S/c1-26-19(12-14-7-8-17-18(11-14)29-10-4-9-28-17)24-25-21(26)30-13-20(27)23-16-6-3-2-5-15(16)22/h2-3,5-8,11H,4,9-10,12-13H2,1H3,(H,23,27). The van der Waals surface area contributed by atoms with E-state index in [0.717, 1.165) is 29.3 Å². The van der Waals surface area contributed by atoms with Crippen molar-refractivity contribution in [3.05, 3.63) is 58.9 Å². The smallest absolute Gasteiger partial charge is 0.234 e. The third-order valence-electron chi connectivity index (χ3n) is 4.58. The van der Waals surface area contributed by atoms with E-state index in [4.69, 9.17) is 21.1 Å². The van der Waals surface area contributed by atoms with Crippen LogP contribution in [0.25, 0.3) is 0 Å². The normalized spacial score (nSPS) is 13.0. The molecule has 0 saturated heterocycles. The quantitative estimate of drug-likeness (QED) is 0.580. The number of fused-ring (bicyclic) bond motifs is 1. The molecule has 1 N–H and O–H groups in total. The lowest BCUT2D eigenvalue weighted by atomic mass is 10.1. The van der Waals surface area contributed by atoms with Gasteiger partial charge in [0, 0.05) is 19.9 Å². The number of benzene rings is 2. The van der Waals surface area contributed by atoms with E-state index in [9.17, 15) is 4.79 Å². The Morgan fingerprint density at radius 3 is 2.80 bits per heavy atom. The van der Waals surface area contributed by atoms with E-state index in [1.165, 1.54) is 11.8 Å². The van der Waals surface area contributed by atoms with Crippen molar-refractivity contribution < 1.29 is 14.3 Å². The number of carbonyl (C=O) groups excluding carboxylic acids is 1. The third-order valence-corrected chi connectivity index (χ3v) is 5.93. The number of ether oxygens (including phenoxy) is 2. The number of hydrogen-bond donors (Lipinski definition) is 1. The predicted octanol–water partition coefficient (Wildman–Crippen LogP) is 3.95. The van der Waals surface area contributed by atoms with Crippen molar-refractivity contribution in [2.75, 3.05) is 24.3 Å². The van der Waals surface area contributed by atoms with Crippen LogP contribution >= 0.6 is 23.4 Å². The summed E-state index contributed by atoms with van der Waals surface area (Å²) in [5.74, 6) is 2.40. The first-order chi connectivity index (χ1) is 14.6. The lowest BCUT2D eigenvalue weighted by molar-refractivity contribution is -0.113. The zero-order chi connectivity index (χ0) is 20.9. The SMILES string of the molecule is Cn1c(Cc2ccc3c(c2)OCCCO3)nnc1SCC(=O)Nc1ccccc1Cl. The monoisotopic (exact) mass is 444 g/mol. The summed E-state index contributed by atoms with van der Waals surface area (Å²) in [6.45, 7) is 1.32. The molecule has 2 aromatic carbocycles. The van der Waals surface area contributed by atoms with Crippen molar-refractivity contribution in [2.24, 2.45) is 7.05 Å². The molecule has 1 aliphatic rings. The molecule has 156 valence electrons. The minimum Gasteiger partial charge on any atom is -0.490 e. The molecule has 1 aliphatic heterocycles. The van der Waals surface area contributed by atoms with Gasteiger partial charge in [-0.15, -0.1) is 10.2 Å². The number of anilines is 1. The number of aromatic nitrogens is 3. The fourth-order valence-electron chi connectivity index (χ4n) is 3.00. The van der Waals surface area contributed by atoms with Gasteiger partial charge in [0.2, 0.25) is 5.91 Å². The first-order valence-electron chi connectivity index (χ1n) is 9.54. The molecular formula is C21H21ClN4O3S. The summed E-state index contributed by atoms with van der Waals surface area (Å²) in [6.07, 6.45) is 1.48. The summed E-state index contributed by atoms with van der Waals surface area (Å²) in [4.78, 5) is 12.2. The van der Waals surface area contributed by atoms with Gasteiger partial charge in [0.15, 0.2) is 16.7 Å². The van der Waals surface area contributed by atoms with Crippen LogP contribution < -0.4 is 14.8 Å². The number of halogens is 1. The fraction of sp³-hybridized carbons (Fsp3) is 0.286. The highest BCUT2D eigenvalue weighted by Gasteiger charge is 2.15. The molecule has 7 nitrogen and oxygen atoms in total. The van der Waals surface area contributed by atoms with Crippen molar-refractivity contribution in [1.82, 2.24) is 14.8 Å². The average Bonchev–Trinajstić information content (AvgIpc) is 2.93. The van der Waals surface area contributed by atoms with Crippen LogP contribution in [0.15, 0.2) is 47.6 Å². The minimum absolute atomic E-state index is 0.152. The van der Waals surface area contributed by atoms with Crippen LogP contribution in [-0.2, 0) is 18.3 Å². The van der Waals surface area contributed by atoms with E-state index in [-0.39, 0.29) is 11.7 Å². The van der Waals surface area contributed by atoms with E-state index in [1.807, 2.05) is 41.9 Å². The van der Waals surface area contributed by atoms with Gasteiger partial charge in [-0.05, 0) is 29.8 Å². The van der Waals surface area contributed by atoms with Gasteiger partial charge in [-0.25, -0.2) is 0 Å². The van der Waals surface area contributed by atoms with E-state index in [2.05, 4.69) is 15.5 Å². The molecule has 0 saturated carbocycles.